The van der Waals surface area contributed by atoms with Crippen molar-refractivity contribution in [3.8, 4) is 0 Å². The van der Waals surface area contributed by atoms with E-state index in [1.165, 1.54) is 32.8 Å². The molecule has 0 bridgehead atoms. The van der Waals surface area contributed by atoms with Gasteiger partial charge in [-0.3, -0.25) is 4.98 Å². The Hall–Kier alpha value is -2.93. The monoisotopic (exact) mass is 293 g/mol. The highest BCUT2D eigenvalue weighted by Gasteiger charge is 2.23. The second-order valence-electron chi connectivity index (χ2n) is 6.05. The van der Waals surface area contributed by atoms with Crippen LogP contribution in [0.1, 0.15) is 22.6 Å². The molecule has 0 saturated carbocycles. The van der Waals surface area contributed by atoms with Crippen molar-refractivity contribution < 1.29 is 0 Å². The fraction of sp³-hybridized carbons (Fsp3) is 0.0455. The van der Waals surface area contributed by atoms with E-state index in [4.69, 9.17) is 0 Å². The van der Waals surface area contributed by atoms with Crippen molar-refractivity contribution in [2.24, 2.45) is 0 Å². The minimum Gasteiger partial charge on any atom is -0.256 e. The highest BCUT2D eigenvalue weighted by atomic mass is 14.7. The van der Waals surface area contributed by atoms with E-state index in [1.807, 2.05) is 12.3 Å². The van der Waals surface area contributed by atoms with Crippen molar-refractivity contribution in [1.82, 2.24) is 4.98 Å². The van der Waals surface area contributed by atoms with E-state index in [0.717, 1.165) is 5.52 Å². The fourth-order valence-electron chi connectivity index (χ4n) is 3.74. The molecule has 5 rings (SSSR count). The molecule has 1 unspecified atom stereocenters. The second kappa shape index (κ2) is 4.79. The number of pyridine rings is 1. The van der Waals surface area contributed by atoms with Crippen LogP contribution in [0.4, 0.5) is 0 Å². The van der Waals surface area contributed by atoms with Crippen LogP contribution in [0.3, 0.4) is 0 Å². The fourth-order valence-corrected chi connectivity index (χ4v) is 3.74. The molecule has 0 aliphatic heterocycles. The Bertz CT molecular complexity index is 1070. The van der Waals surface area contributed by atoms with E-state index in [1.54, 1.807) is 0 Å². The lowest BCUT2D eigenvalue weighted by Crippen LogP contribution is -1.99. The van der Waals surface area contributed by atoms with Gasteiger partial charge in [-0.2, -0.15) is 0 Å². The molecule has 0 saturated heterocycles. The van der Waals surface area contributed by atoms with Gasteiger partial charge in [-0.15, -0.1) is 0 Å². The summed E-state index contributed by atoms with van der Waals surface area (Å²) in [6, 6.07) is 23.7. The molecular formula is C22H15N. The number of fused-ring (bicyclic) bond motifs is 4. The van der Waals surface area contributed by atoms with Gasteiger partial charge in [0.1, 0.15) is 0 Å². The Morgan fingerprint density at radius 1 is 0.739 bits per heavy atom. The third-order valence-corrected chi connectivity index (χ3v) is 4.78. The summed E-state index contributed by atoms with van der Waals surface area (Å²) in [5.74, 6) is 0.273. The average Bonchev–Trinajstić information content (AvgIpc) is 3.05. The predicted molar refractivity (Wildman–Crippen MR) is 96.6 cm³/mol. The van der Waals surface area contributed by atoms with Gasteiger partial charge >= 0.3 is 0 Å². The summed E-state index contributed by atoms with van der Waals surface area (Å²) in [5, 5.41) is 3.84. The standard InChI is InChI=1S/C22H15N/c1-2-8-18-15(5-1)10-11-16-12-13-19(21(16)18)20-9-3-6-17-7-4-14-23-22(17)20/h1-14,19H. The molecule has 1 heterocycles. The molecule has 0 fully saturated rings. The van der Waals surface area contributed by atoms with Crippen LogP contribution >= 0.6 is 0 Å². The number of hydrogen-bond donors (Lipinski definition) is 0. The number of hydrogen-bond acceptors (Lipinski definition) is 1. The molecule has 0 radical (unpaired) electrons. The Morgan fingerprint density at radius 2 is 1.61 bits per heavy atom. The third-order valence-electron chi connectivity index (χ3n) is 4.78. The van der Waals surface area contributed by atoms with Crippen molar-refractivity contribution in [3.05, 3.63) is 95.7 Å². The van der Waals surface area contributed by atoms with Crippen LogP contribution in [-0.4, -0.2) is 4.98 Å². The van der Waals surface area contributed by atoms with Crippen molar-refractivity contribution in [1.29, 1.82) is 0 Å². The molecule has 0 amide bonds. The first kappa shape index (κ1) is 12.6. The summed E-state index contributed by atoms with van der Waals surface area (Å²) in [5.41, 5.74) is 5.11. The minimum atomic E-state index is 0.273. The van der Waals surface area contributed by atoms with Crippen molar-refractivity contribution >= 4 is 27.8 Å². The lowest BCUT2D eigenvalue weighted by Gasteiger charge is -2.16. The molecule has 0 spiro atoms. The number of benzene rings is 3. The molecule has 1 aromatic heterocycles. The minimum absolute atomic E-state index is 0.273. The summed E-state index contributed by atoms with van der Waals surface area (Å²) in [4.78, 5) is 4.64. The molecular weight excluding hydrogens is 278 g/mol. The lowest BCUT2D eigenvalue weighted by atomic mass is 9.88. The smallest absolute Gasteiger partial charge is 0.0743 e. The molecule has 1 aliphatic rings. The zero-order valence-corrected chi connectivity index (χ0v) is 12.6. The van der Waals surface area contributed by atoms with E-state index in [0.29, 0.717) is 0 Å². The number of aromatic nitrogens is 1. The third kappa shape index (κ3) is 1.83. The average molecular weight is 293 g/mol. The molecule has 1 atom stereocenters. The second-order valence-corrected chi connectivity index (χ2v) is 6.05. The van der Waals surface area contributed by atoms with E-state index in [2.05, 4.69) is 77.8 Å². The highest BCUT2D eigenvalue weighted by Crippen LogP contribution is 2.41. The van der Waals surface area contributed by atoms with E-state index in [-0.39, 0.29) is 5.92 Å². The number of rotatable bonds is 1. The van der Waals surface area contributed by atoms with Crippen LogP contribution in [0, 0.1) is 0 Å². The van der Waals surface area contributed by atoms with Crippen molar-refractivity contribution in [2.75, 3.05) is 0 Å². The quantitative estimate of drug-likeness (QED) is 0.448. The first-order valence-electron chi connectivity index (χ1n) is 7.95. The summed E-state index contributed by atoms with van der Waals surface area (Å²) in [6.07, 6.45) is 6.43. The van der Waals surface area contributed by atoms with E-state index < -0.39 is 0 Å². The number of nitrogens with zero attached hydrogens (tertiary/aromatic N) is 1. The maximum absolute atomic E-state index is 4.64. The van der Waals surface area contributed by atoms with Crippen LogP contribution < -0.4 is 0 Å². The van der Waals surface area contributed by atoms with Gasteiger partial charge in [-0.25, -0.2) is 0 Å². The Balaban J connectivity index is 1.82. The van der Waals surface area contributed by atoms with Gasteiger partial charge in [-0.05, 0) is 33.5 Å². The molecule has 4 aromatic rings. The van der Waals surface area contributed by atoms with Crippen LogP contribution in [0.25, 0.3) is 27.8 Å². The summed E-state index contributed by atoms with van der Waals surface area (Å²) < 4.78 is 0. The van der Waals surface area contributed by atoms with E-state index >= 15 is 0 Å². The number of para-hydroxylation sites is 1. The Labute approximate surface area is 134 Å². The maximum Gasteiger partial charge on any atom is 0.0743 e. The van der Waals surface area contributed by atoms with Crippen LogP contribution in [-0.2, 0) is 0 Å². The van der Waals surface area contributed by atoms with Gasteiger partial charge in [0.05, 0.1) is 5.52 Å². The normalized spacial score (nSPS) is 16.1. The molecule has 3 aromatic carbocycles. The molecule has 1 aliphatic carbocycles. The first-order valence-corrected chi connectivity index (χ1v) is 7.95. The molecule has 23 heavy (non-hydrogen) atoms. The van der Waals surface area contributed by atoms with Gasteiger partial charge in [0, 0.05) is 17.5 Å². The lowest BCUT2D eigenvalue weighted by molar-refractivity contribution is 1.07. The van der Waals surface area contributed by atoms with Gasteiger partial charge < -0.3 is 0 Å². The Morgan fingerprint density at radius 3 is 2.61 bits per heavy atom. The zero-order valence-electron chi connectivity index (χ0n) is 12.6. The maximum atomic E-state index is 4.64. The van der Waals surface area contributed by atoms with Gasteiger partial charge in [0.25, 0.3) is 0 Å². The van der Waals surface area contributed by atoms with Crippen LogP contribution in [0.5, 0.6) is 0 Å². The molecule has 1 nitrogen and oxygen atoms in total. The van der Waals surface area contributed by atoms with Crippen molar-refractivity contribution in [2.45, 2.75) is 5.92 Å². The van der Waals surface area contributed by atoms with E-state index in [9.17, 15) is 0 Å². The van der Waals surface area contributed by atoms with Crippen LogP contribution in [0.15, 0.2) is 79.0 Å². The molecule has 108 valence electrons. The predicted octanol–water partition coefficient (Wildman–Crippen LogP) is 5.55. The zero-order chi connectivity index (χ0) is 15.2. The van der Waals surface area contributed by atoms with Crippen LogP contribution in [0.2, 0.25) is 0 Å². The summed E-state index contributed by atoms with van der Waals surface area (Å²) >= 11 is 0. The summed E-state index contributed by atoms with van der Waals surface area (Å²) in [7, 11) is 0. The largest absolute Gasteiger partial charge is 0.256 e. The Kier molecular flexibility index (Phi) is 2.62. The molecule has 1 heteroatoms. The highest BCUT2D eigenvalue weighted by molar-refractivity contribution is 5.93. The van der Waals surface area contributed by atoms with Gasteiger partial charge in [0.15, 0.2) is 0 Å². The summed E-state index contributed by atoms with van der Waals surface area (Å²) in [6.45, 7) is 0. The van der Waals surface area contributed by atoms with Crippen molar-refractivity contribution in [3.63, 3.8) is 0 Å². The van der Waals surface area contributed by atoms with Gasteiger partial charge in [0.2, 0.25) is 0 Å². The molecule has 0 N–H and O–H groups in total. The number of allylic oxidation sites excluding steroid dienone is 1. The first-order chi connectivity index (χ1) is 11.4. The van der Waals surface area contributed by atoms with Gasteiger partial charge in [-0.1, -0.05) is 72.8 Å². The SMILES string of the molecule is C1=CC(c2cccc3cccnc23)c2c1ccc1ccccc21. The topological polar surface area (TPSA) is 12.9 Å².